The average Bonchev–Trinajstić information content (AvgIpc) is 3.25. The minimum Gasteiger partial charge on any atom is -0.237 e. The molecule has 5 rings (SSSR count). The lowest BCUT2D eigenvalue weighted by Crippen LogP contribution is -2.37. The second kappa shape index (κ2) is 7.90. The van der Waals surface area contributed by atoms with E-state index in [-0.39, 0.29) is 0 Å². The van der Waals surface area contributed by atoms with Gasteiger partial charge < -0.3 is 0 Å². The Balaban J connectivity index is 1.48. The van der Waals surface area contributed by atoms with Crippen LogP contribution in [0.5, 0.6) is 0 Å². The van der Waals surface area contributed by atoms with Crippen LogP contribution in [-0.2, 0) is 10.0 Å². The molecule has 0 saturated carbocycles. The highest BCUT2D eigenvalue weighted by atomic mass is 32.2. The van der Waals surface area contributed by atoms with Crippen LogP contribution in [0, 0.1) is 5.92 Å². The first-order valence-electron chi connectivity index (χ1n) is 10.5. The largest absolute Gasteiger partial charge is 0.243 e. The lowest BCUT2D eigenvalue weighted by atomic mass is 10.0. The second-order valence-electron chi connectivity index (χ2n) is 8.11. The molecule has 7 heteroatoms. The van der Waals surface area contributed by atoms with Crippen molar-refractivity contribution in [2.45, 2.75) is 24.7 Å². The molecule has 4 aromatic rings. The Labute approximate surface area is 182 Å². The number of rotatable bonds is 4. The Hall–Kier alpha value is -3.03. The molecule has 0 amide bonds. The fourth-order valence-corrected chi connectivity index (χ4v) is 5.51. The van der Waals surface area contributed by atoms with E-state index in [0.717, 1.165) is 41.0 Å². The highest BCUT2D eigenvalue weighted by Gasteiger charge is 2.28. The summed E-state index contributed by atoms with van der Waals surface area (Å²) >= 11 is 0. The van der Waals surface area contributed by atoms with E-state index in [0.29, 0.717) is 23.9 Å². The number of sulfonamides is 1. The summed E-state index contributed by atoms with van der Waals surface area (Å²) in [4.78, 5) is 4.77. The summed E-state index contributed by atoms with van der Waals surface area (Å²) in [5.74, 6) is 0.581. The van der Waals surface area contributed by atoms with Gasteiger partial charge in [0.15, 0.2) is 5.65 Å². The Morgan fingerprint density at radius 2 is 1.61 bits per heavy atom. The Morgan fingerprint density at radius 1 is 0.903 bits per heavy atom. The van der Waals surface area contributed by atoms with Crippen molar-refractivity contribution < 1.29 is 8.42 Å². The van der Waals surface area contributed by atoms with Crippen LogP contribution in [0.15, 0.2) is 77.8 Å². The molecule has 3 heterocycles. The van der Waals surface area contributed by atoms with Gasteiger partial charge in [0.1, 0.15) is 0 Å². The minimum absolute atomic E-state index is 0.335. The van der Waals surface area contributed by atoms with Gasteiger partial charge in [-0.05, 0) is 37.0 Å². The maximum absolute atomic E-state index is 13.0. The molecule has 0 spiro atoms. The SMILES string of the molecule is CC1CCN(S(=O)(=O)c2ccc(-c3ccnc4cc(-c5ccccc5)nn34)cc2)CC1. The van der Waals surface area contributed by atoms with Crippen molar-refractivity contribution in [1.82, 2.24) is 18.9 Å². The van der Waals surface area contributed by atoms with Crippen LogP contribution in [0.3, 0.4) is 0 Å². The highest BCUT2D eigenvalue weighted by molar-refractivity contribution is 7.89. The van der Waals surface area contributed by atoms with Crippen molar-refractivity contribution in [1.29, 1.82) is 0 Å². The molecule has 0 unspecified atom stereocenters. The zero-order valence-corrected chi connectivity index (χ0v) is 18.2. The summed E-state index contributed by atoms with van der Waals surface area (Å²) in [5, 5.41) is 4.74. The quantitative estimate of drug-likeness (QED) is 0.477. The molecule has 2 aromatic heterocycles. The van der Waals surface area contributed by atoms with Gasteiger partial charge in [-0.15, -0.1) is 0 Å². The maximum Gasteiger partial charge on any atom is 0.243 e. The third-order valence-corrected chi connectivity index (χ3v) is 7.87. The van der Waals surface area contributed by atoms with Gasteiger partial charge in [-0.1, -0.05) is 49.4 Å². The van der Waals surface area contributed by atoms with Crippen LogP contribution in [0.2, 0.25) is 0 Å². The van der Waals surface area contributed by atoms with Crippen molar-refractivity contribution in [3.63, 3.8) is 0 Å². The minimum atomic E-state index is -3.46. The summed E-state index contributed by atoms with van der Waals surface area (Å²) in [5.41, 5.74) is 4.37. The molecule has 2 aromatic carbocycles. The summed E-state index contributed by atoms with van der Waals surface area (Å²) in [6.45, 7) is 3.35. The van der Waals surface area contributed by atoms with E-state index in [1.165, 1.54) is 0 Å². The molecule has 158 valence electrons. The number of hydrogen-bond acceptors (Lipinski definition) is 4. The van der Waals surface area contributed by atoms with E-state index in [1.807, 2.05) is 54.6 Å². The monoisotopic (exact) mass is 432 g/mol. The number of piperidine rings is 1. The normalized spacial score (nSPS) is 16.0. The standard InChI is InChI=1S/C24H24N4O2S/c1-18-12-15-27(16-13-18)31(29,30)21-9-7-20(8-10-21)23-11-14-25-24-17-22(26-28(23)24)19-5-3-2-4-6-19/h2-11,14,17-18H,12-13,15-16H2,1H3. The molecular formula is C24H24N4O2S. The van der Waals surface area contributed by atoms with Crippen molar-refractivity contribution >= 4 is 15.7 Å². The van der Waals surface area contributed by atoms with E-state index in [1.54, 1.807) is 27.2 Å². The predicted octanol–water partition coefficient (Wildman–Crippen LogP) is 4.48. The van der Waals surface area contributed by atoms with Gasteiger partial charge in [0.25, 0.3) is 0 Å². The first kappa shape index (κ1) is 19.9. The van der Waals surface area contributed by atoms with Gasteiger partial charge in [-0.2, -0.15) is 9.40 Å². The average molecular weight is 433 g/mol. The maximum atomic E-state index is 13.0. The van der Waals surface area contributed by atoms with E-state index in [2.05, 4.69) is 11.9 Å². The van der Waals surface area contributed by atoms with Crippen LogP contribution in [0.1, 0.15) is 19.8 Å². The summed E-state index contributed by atoms with van der Waals surface area (Å²) in [6, 6.07) is 20.9. The highest BCUT2D eigenvalue weighted by Crippen LogP contribution is 2.27. The Bertz CT molecular complexity index is 1310. The molecule has 1 fully saturated rings. The third kappa shape index (κ3) is 3.75. The zero-order valence-electron chi connectivity index (χ0n) is 17.3. The Kier molecular flexibility index (Phi) is 5.08. The van der Waals surface area contributed by atoms with E-state index in [4.69, 9.17) is 5.10 Å². The molecule has 6 nitrogen and oxygen atoms in total. The number of fused-ring (bicyclic) bond motifs is 1. The van der Waals surface area contributed by atoms with Crippen LogP contribution in [0.4, 0.5) is 0 Å². The molecule has 0 atom stereocenters. The molecule has 0 radical (unpaired) electrons. The van der Waals surface area contributed by atoms with Gasteiger partial charge in [0.2, 0.25) is 10.0 Å². The van der Waals surface area contributed by atoms with Gasteiger partial charge in [0.05, 0.1) is 16.3 Å². The third-order valence-electron chi connectivity index (χ3n) is 5.96. The van der Waals surface area contributed by atoms with Crippen molar-refractivity contribution in [3.05, 3.63) is 72.9 Å². The van der Waals surface area contributed by atoms with Crippen LogP contribution >= 0.6 is 0 Å². The first-order chi connectivity index (χ1) is 15.0. The smallest absolute Gasteiger partial charge is 0.237 e. The predicted molar refractivity (Wildman–Crippen MR) is 121 cm³/mol. The molecule has 1 saturated heterocycles. The van der Waals surface area contributed by atoms with Gasteiger partial charge in [-0.25, -0.2) is 17.9 Å². The summed E-state index contributed by atoms with van der Waals surface area (Å²) < 4.78 is 29.4. The molecular weight excluding hydrogens is 408 g/mol. The van der Waals surface area contributed by atoms with Crippen molar-refractivity contribution in [2.24, 2.45) is 5.92 Å². The molecule has 0 aliphatic carbocycles. The number of nitrogens with zero attached hydrogens (tertiary/aromatic N) is 4. The van der Waals surface area contributed by atoms with Crippen LogP contribution in [-0.4, -0.2) is 40.4 Å². The lowest BCUT2D eigenvalue weighted by Gasteiger charge is -2.29. The summed E-state index contributed by atoms with van der Waals surface area (Å²) in [6.07, 6.45) is 3.57. The number of aromatic nitrogens is 3. The topological polar surface area (TPSA) is 67.6 Å². The van der Waals surface area contributed by atoms with Gasteiger partial charge >= 0.3 is 0 Å². The molecule has 0 bridgehead atoms. The second-order valence-corrected chi connectivity index (χ2v) is 10.0. The summed E-state index contributed by atoms with van der Waals surface area (Å²) in [7, 11) is -3.46. The van der Waals surface area contributed by atoms with Crippen LogP contribution in [0.25, 0.3) is 28.2 Å². The van der Waals surface area contributed by atoms with E-state index in [9.17, 15) is 8.42 Å². The van der Waals surface area contributed by atoms with Crippen molar-refractivity contribution in [2.75, 3.05) is 13.1 Å². The van der Waals surface area contributed by atoms with Crippen molar-refractivity contribution in [3.8, 4) is 22.5 Å². The zero-order chi connectivity index (χ0) is 21.4. The fraction of sp³-hybridized carbons (Fsp3) is 0.250. The molecule has 0 N–H and O–H groups in total. The molecule has 1 aliphatic heterocycles. The molecule has 31 heavy (non-hydrogen) atoms. The van der Waals surface area contributed by atoms with Gasteiger partial charge in [-0.3, -0.25) is 0 Å². The lowest BCUT2D eigenvalue weighted by molar-refractivity contribution is 0.288. The van der Waals surface area contributed by atoms with E-state index >= 15 is 0 Å². The number of benzene rings is 2. The van der Waals surface area contributed by atoms with E-state index < -0.39 is 10.0 Å². The molecule has 1 aliphatic rings. The Morgan fingerprint density at radius 3 is 2.32 bits per heavy atom. The number of hydrogen-bond donors (Lipinski definition) is 0. The fourth-order valence-electron chi connectivity index (χ4n) is 4.04. The van der Waals surface area contributed by atoms with Gasteiger partial charge in [0, 0.05) is 36.5 Å². The first-order valence-corrected chi connectivity index (χ1v) is 12.0. The van der Waals surface area contributed by atoms with Crippen LogP contribution < -0.4 is 0 Å².